The summed E-state index contributed by atoms with van der Waals surface area (Å²) >= 11 is 3.13. The van der Waals surface area contributed by atoms with E-state index < -0.39 is 0 Å². The molecule has 4 heteroatoms. The van der Waals surface area contributed by atoms with Crippen LogP contribution >= 0.6 is 24.1 Å². The van der Waals surface area contributed by atoms with E-state index in [9.17, 15) is 0 Å². The first-order valence-electron chi connectivity index (χ1n) is 5.96. The fourth-order valence-electron chi connectivity index (χ4n) is 1.28. The average Bonchev–Trinajstić information content (AvgIpc) is 3.05. The molecule has 0 amide bonds. The van der Waals surface area contributed by atoms with Gasteiger partial charge in [0.15, 0.2) is 0 Å². The molecular formula is C11H22O2S2. The summed E-state index contributed by atoms with van der Waals surface area (Å²) in [6.45, 7) is 3.18. The highest BCUT2D eigenvalue weighted by Crippen LogP contribution is 2.22. The topological polar surface area (TPSA) is 21.8 Å². The lowest BCUT2D eigenvalue weighted by atomic mass is 10.1. The minimum absolute atomic E-state index is 0.477. The first-order valence-corrected chi connectivity index (χ1v) is 7.78. The Bertz CT molecular complexity index is 141. The summed E-state index contributed by atoms with van der Waals surface area (Å²) in [5.74, 6) is 2.12. The lowest BCUT2D eigenvalue weighted by Gasteiger charge is -2.00. The number of ether oxygens (including phenoxy) is 1. The van der Waals surface area contributed by atoms with Gasteiger partial charge in [0.05, 0.1) is 12.7 Å². The van der Waals surface area contributed by atoms with Crippen molar-refractivity contribution in [2.24, 2.45) is 0 Å². The zero-order chi connectivity index (χ0) is 10.8. The van der Waals surface area contributed by atoms with Crippen molar-refractivity contribution in [1.82, 2.24) is 0 Å². The molecule has 1 unspecified atom stereocenters. The van der Waals surface area contributed by atoms with Gasteiger partial charge >= 0.3 is 0 Å². The maximum atomic E-state index is 5.37. The predicted molar refractivity (Wildman–Crippen MR) is 69.1 cm³/mol. The lowest BCUT2D eigenvalue weighted by molar-refractivity contribution is 0.425. The summed E-state index contributed by atoms with van der Waals surface area (Å²) in [6.07, 6.45) is 8.62. The molecule has 1 rings (SSSR count). The maximum Gasteiger partial charge on any atom is 0.0922 e. The van der Waals surface area contributed by atoms with Crippen molar-refractivity contribution in [3.63, 3.8) is 0 Å². The number of rotatable bonds is 11. The molecule has 0 radical (unpaired) electrons. The Kier molecular flexibility index (Phi) is 8.96. The largest absolute Gasteiger partial charge is 0.372 e. The van der Waals surface area contributed by atoms with Gasteiger partial charge in [-0.05, 0) is 6.42 Å². The predicted octanol–water partition coefficient (Wildman–Crippen LogP) is 4.06. The van der Waals surface area contributed by atoms with Gasteiger partial charge in [-0.25, -0.2) is 3.63 Å². The van der Waals surface area contributed by atoms with Gasteiger partial charge in [0.25, 0.3) is 0 Å². The molecule has 90 valence electrons. The molecule has 0 aromatic heterocycles. The van der Waals surface area contributed by atoms with Crippen LogP contribution in [0.4, 0.5) is 0 Å². The molecule has 1 saturated heterocycles. The third kappa shape index (κ3) is 9.54. The van der Waals surface area contributed by atoms with Crippen LogP contribution in [0.15, 0.2) is 0 Å². The number of unbranched alkanes of at least 4 members (excludes halogenated alkanes) is 5. The van der Waals surface area contributed by atoms with Gasteiger partial charge in [-0.3, -0.25) is 0 Å². The molecule has 0 bridgehead atoms. The Hall–Kier alpha value is 0.620. The van der Waals surface area contributed by atoms with Gasteiger partial charge in [-0.2, -0.15) is 0 Å². The molecule has 0 spiro atoms. The van der Waals surface area contributed by atoms with Crippen LogP contribution in [-0.4, -0.2) is 24.2 Å². The Morgan fingerprint density at radius 1 is 1.13 bits per heavy atom. The molecule has 0 saturated carbocycles. The van der Waals surface area contributed by atoms with Crippen molar-refractivity contribution in [2.45, 2.75) is 51.6 Å². The van der Waals surface area contributed by atoms with E-state index in [1.54, 1.807) is 12.0 Å². The third-order valence-corrected chi connectivity index (χ3v) is 4.07. The van der Waals surface area contributed by atoms with Crippen LogP contribution in [-0.2, 0) is 8.37 Å². The van der Waals surface area contributed by atoms with Gasteiger partial charge in [-0.15, -0.1) is 0 Å². The lowest BCUT2D eigenvalue weighted by Crippen LogP contribution is -1.88. The maximum absolute atomic E-state index is 5.37. The summed E-state index contributed by atoms with van der Waals surface area (Å²) in [5.41, 5.74) is 0. The van der Waals surface area contributed by atoms with Gasteiger partial charge in [-0.1, -0.05) is 39.0 Å². The molecule has 1 fully saturated rings. The summed E-state index contributed by atoms with van der Waals surface area (Å²) < 4.78 is 10.4. The highest BCUT2D eigenvalue weighted by molar-refractivity contribution is 8.07. The molecular weight excluding hydrogens is 228 g/mol. The van der Waals surface area contributed by atoms with Crippen molar-refractivity contribution in [3.05, 3.63) is 0 Å². The Morgan fingerprint density at radius 2 is 1.87 bits per heavy atom. The Morgan fingerprint density at radius 3 is 2.60 bits per heavy atom. The standard InChI is InChI=1S/C11H22O2S2/c1-2-3-4-5-6-7-8-14-13-15-10-11-9-12-11/h11H,2-10H2,1H3. The van der Waals surface area contributed by atoms with Crippen molar-refractivity contribution in [2.75, 3.05) is 18.1 Å². The second-order valence-electron chi connectivity index (χ2n) is 3.90. The molecule has 0 N–H and O–H groups in total. The van der Waals surface area contributed by atoms with E-state index in [1.807, 2.05) is 0 Å². The monoisotopic (exact) mass is 250 g/mol. The minimum atomic E-state index is 0.477. The molecule has 1 atom stereocenters. The molecule has 1 aliphatic heterocycles. The molecule has 0 aromatic rings. The molecule has 0 aromatic carbocycles. The normalized spacial score (nSPS) is 19.4. The number of hydrogen-bond acceptors (Lipinski definition) is 4. The zero-order valence-corrected chi connectivity index (χ0v) is 11.2. The molecule has 2 nitrogen and oxygen atoms in total. The van der Waals surface area contributed by atoms with E-state index in [2.05, 4.69) is 6.92 Å². The Labute approximate surface area is 102 Å². The number of hydrogen-bond donors (Lipinski definition) is 0. The van der Waals surface area contributed by atoms with Crippen molar-refractivity contribution in [1.29, 1.82) is 0 Å². The van der Waals surface area contributed by atoms with E-state index in [4.69, 9.17) is 8.37 Å². The number of epoxide rings is 1. The molecule has 1 heterocycles. The van der Waals surface area contributed by atoms with Crippen molar-refractivity contribution in [3.8, 4) is 0 Å². The SMILES string of the molecule is CCCCCCCCSOSCC1CO1. The van der Waals surface area contributed by atoms with Crippen LogP contribution in [0.25, 0.3) is 0 Å². The molecule has 0 aliphatic carbocycles. The summed E-state index contributed by atoms with van der Waals surface area (Å²) in [7, 11) is 0. The first-order chi connectivity index (χ1) is 7.43. The van der Waals surface area contributed by atoms with Crippen molar-refractivity contribution < 1.29 is 8.37 Å². The smallest absolute Gasteiger partial charge is 0.0922 e. The van der Waals surface area contributed by atoms with Crippen molar-refractivity contribution >= 4 is 24.1 Å². The van der Waals surface area contributed by atoms with Gasteiger partial charge in [0.2, 0.25) is 0 Å². The van der Waals surface area contributed by atoms with E-state index in [-0.39, 0.29) is 0 Å². The van der Waals surface area contributed by atoms with Gasteiger partial charge in [0, 0.05) is 35.6 Å². The van der Waals surface area contributed by atoms with Crippen LogP contribution in [0.3, 0.4) is 0 Å². The Balaban J connectivity index is 1.62. The van der Waals surface area contributed by atoms with Crippen LogP contribution in [0, 0.1) is 0 Å². The zero-order valence-electron chi connectivity index (χ0n) is 9.57. The molecule has 1 aliphatic rings. The second-order valence-corrected chi connectivity index (χ2v) is 5.65. The van der Waals surface area contributed by atoms with Gasteiger partial charge in [0.1, 0.15) is 0 Å². The highest BCUT2D eigenvalue weighted by atomic mass is 32.2. The van der Waals surface area contributed by atoms with Crippen LogP contribution in [0.2, 0.25) is 0 Å². The second kappa shape index (κ2) is 9.82. The quantitative estimate of drug-likeness (QED) is 0.313. The van der Waals surface area contributed by atoms with E-state index in [0.717, 1.165) is 18.1 Å². The fraction of sp³-hybridized carbons (Fsp3) is 1.00. The summed E-state index contributed by atoms with van der Waals surface area (Å²) in [6, 6.07) is 0. The van der Waals surface area contributed by atoms with Gasteiger partial charge < -0.3 is 4.74 Å². The van der Waals surface area contributed by atoms with Crippen LogP contribution in [0.1, 0.15) is 45.4 Å². The summed E-state index contributed by atoms with van der Waals surface area (Å²) in [5, 5.41) is 0. The van der Waals surface area contributed by atoms with Crippen LogP contribution < -0.4 is 0 Å². The summed E-state index contributed by atoms with van der Waals surface area (Å²) in [4.78, 5) is 0. The third-order valence-electron chi connectivity index (χ3n) is 2.33. The first kappa shape index (κ1) is 13.7. The average molecular weight is 250 g/mol. The minimum Gasteiger partial charge on any atom is -0.372 e. The van der Waals surface area contributed by atoms with Crippen LogP contribution in [0.5, 0.6) is 0 Å². The van der Waals surface area contributed by atoms with E-state index in [0.29, 0.717) is 6.10 Å². The van der Waals surface area contributed by atoms with E-state index in [1.165, 1.54) is 50.6 Å². The highest BCUT2D eigenvalue weighted by Gasteiger charge is 2.22. The fourth-order valence-corrected chi connectivity index (χ4v) is 2.71. The molecule has 15 heavy (non-hydrogen) atoms. The van der Waals surface area contributed by atoms with E-state index >= 15 is 0 Å².